The summed E-state index contributed by atoms with van der Waals surface area (Å²) in [5.74, 6) is -0.102. The van der Waals surface area contributed by atoms with E-state index in [9.17, 15) is 4.79 Å². The zero-order chi connectivity index (χ0) is 12.9. The molecule has 0 unspecified atom stereocenters. The summed E-state index contributed by atoms with van der Waals surface area (Å²) in [6.45, 7) is 8.17. The van der Waals surface area contributed by atoms with Gasteiger partial charge in [0.05, 0.1) is 5.60 Å². The van der Waals surface area contributed by atoms with E-state index >= 15 is 0 Å². The van der Waals surface area contributed by atoms with Crippen molar-refractivity contribution >= 4 is 5.97 Å². The highest BCUT2D eigenvalue weighted by molar-refractivity contribution is 5.91. The molecule has 0 N–H and O–H groups in total. The number of hydrogen-bond donors (Lipinski definition) is 0. The highest BCUT2D eigenvalue weighted by Gasteiger charge is 2.61. The number of esters is 1. The molecule has 0 radical (unpaired) electrons. The van der Waals surface area contributed by atoms with Gasteiger partial charge in [0.25, 0.3) is 0 Å². The first-order valence-corrected chi connectivity index (χ1v) is 6.74. The first kappa shape index (κ1) is 12.0. The highest BCUT2D eigenvalue weighted by Crippen LogP contribution is 2.49. The highest BCUT2D eigenvalue weighted by atomic mass is 16.6. The predicted molar refractivity (Wildman–Crippen MR) is 68.0 cm³/mol. The minimum absolute atomic E-state index is 0.0671. The van der Waals surface area contributed by atoms with Crippen LogP contribution in [0.25, 0.3) is 0 Å². The summed E-state index contributed by atoms with van der Waals surface area (Å²) in [5, 5.41) is 0. The Balaban J connectivity index is 1.87. The van der Waals surface area contributed by atoms with Gasteiger partial charge in [-0.1, -0.05) is 18.2 Å². The van der Waals surface area contributed by atoms with Crippen LogP contribution in [0.15, 0.2) is 23.8 Å². The van der Waals surface area contributed by atoms with E-state index in [-0.39, 0.29) is 29.7 Å². The average Bonchev–Trinajstić information content (AvgIpc) is 2.90. The molecule has 3 aliphatic rings. The van der Waals surface area contributed by atoms with Gasteiger partial charge in [-0.3, -0.25) is 0 Å². The Morgan fingerprint density at radius 3 is 3.06 bits per heavy atom. The van der Waals surface area contributed by atoms with Crippen molar-refractivity contribution < 1.29 is 14.3 Å². The fourth-order valence-corrected chi connectivity index (χ4v) is 3.20. The van der Waals surface area contributed by atoms with E-state index in [0.717, 1.165) is 25.7 Å². The largest absolute Gasteiger partial charge is 0.455 e. The molecule has 0 aromatic rings. The maximum absolute atomic E-state index is 11.7. The van der Waals surface area contributed by atoms with Gasteiger partial charge in [0.2, 0.25) is 0 Å². The Labute approximate surface area is 108 Å². The Morgan fingerprint density at radius 2 is 2.28 bits per heavy atom. The number of allylic oxidation sites excluding steroid dienone is 2. The first-order chi connectivity index (χ1) is 8.51. The van der Waals surface area contributed by atoms with Gasteiger partial charge in [0.15, 0.2) is 0 Å². The van der Waals surface area contributed by atoms with E-state index in [1.807, 2.05) is 0 Å². The second-order valence-electron chi connectivity index (χ2n) is 5.98. The maximum atomic E-state index is 11.7. The first-order valence-electron chi connectivity index (χ1n) is 6.74. The van der Waals surface area contributed by atoms with Gasteiger partial charge in [-0.25, -0.2) is 4.79 Å². The fraction of sp³-hybridized carbons (Fsp3) is 0.667. The van der Waals surface area contributed by atoms with Crippen LogP contribution in [0.4, 0.5) is 0 Å². The topological polar surface area (TPSA) is 38.8 Å². The second kappa shape index (κ2) is 3.95. The molecule has 3 heteroatoms. The Bertz CT molecular complexity index is 437. The molecule has 98 valence electrons. The minimum Gasteiger partial charge on any atom is -0.455 e. The molecule has 1 aliphatic carbocycles. The van der Waals surface area contributed by atoms with Crippen molar-refractivity contribution in [3.63, 3.8) is 0 Å². The Morgan fingerprint density at radius 1 is 1.50 bits per heavy atom. The molecule has 2 saturated heterocycles. The second-order valence-corrected chi connectivity index (χ2v) is 5.98. The summed E-state index contributed by atoms with van der Waals surface area (Å²) >= 11 is 0. The van der Waals surface area contributed by atoms with Crippen LogP contribution in [0.5, 0.6) is 0 Å². The summed E-state index contributed by atoms with van der Waals surface area (Å²) < 4.78 is 11.3. The van der Waals surface area contributed by atoms with Gasteiger partial charge >= 0.3 is 5.97 Å². The number of ether oxygens (including phenoxy) is 2. The Kier molecular flexibility index (Phi) is 2.63. The van der Waals surface area contributed by atoms with E-state index in [0.29, 0.717) is 5.57 Å². The number of carbonyl (C=O) groups is 1. The van der Waals surface area contributed by atoms with Crippen LogP contribution in [0.1, 0.15) is 39.5 Å². The molecule has 2 fully saturated rings. The number of fused-ring (bicyclic) bond motifs is 3. The molecule has 0 spiro atoms. The summed E-state index contributed by atoms with van der Waals surface area (Å²) in [6, 6.07) is 0. The molecular weight excluding hydrogens is 228 g/mol. The van der Waals surface area contributed by atoms with E-state index in [1.165, 1.54) is 5.57 Å². The molecule has 0 aromatic carbocycles. The van der Waals surface area contributed by atoms with Gasteiger partial charge in [0.1, 0.15) is 12.2 Å². The van der Waals surface area contributed by atoms with Crippen molar-refractivity contribution in [2.24, 2.45) is 5.92 Å². The molecule has 0 saturated carbocycles. The lowest BCUT2D eigenvalue weighted by molar-refractivity contribution is -0.140. The third-order valence-electron chi connectivity index (χ3n) is 4.57. The molecule has 3 nitrogen and oxygen atoms in total. The lowest BCUT2D eigenvalue weighted by Gasteiger charge is -2.19. The summed E-state index contributed by atoms with van der Waals surface area (Å²) in [5.41, 5.74) is 1.91. The molecule has 0 amide bonds. The molecule has 2 aliphatic heterocycles. The quantitative estimate of drug-likeness (QED) is 0.286. The van der Waals surface area contributed by atoms with Gasteiger partial charge in [-0.05, 0) is 39.5 Å². The molecule has 18 heavy (non-hydrogen) atoms. The zero-order valence-corrected chi connectivity index (χ0v) is 11.1. The molecule has 0 bridgehead atoms. The Hall–Kier alpha value is -1.09. The van der Waals surface area contributed by atoms with Crippen molar-refractivity contribution in [3.05, 3.63) is 23.8 Å². The summed E-state index contributed by atoms with van der Waals surface area (Å²) in [4.78, 5) is 11.7. The van der Waals surface area contributed by atoms with Crippen molar-refractivity contribution in [3.8, 4) is 0 Å². The zero-order valence-electron chi connectivity index (χ0n) is 11.1. The monoisotopic (exact) mass is 248 g/mol. The molecule has 3 rings (SSSR count). The third kappa shape index (κ3) is 1.81. The van der Waals surface area contributed by atoms with Crippen LogP contribution in [-0.4, -0.2) is 23.8 Å². The van der Waals surface area contributed by atoms with Crippen molar-refractivity contribution in [2.45, 2.75) is 57.3 Å². The number of carbonyl (C=O) groups excluding carboxylic acids is 1. The van der Waals surface area contributed by atoms with E-state index in [1.54, 1.807) is 0 Å². The van der Waals surface area contributed by atoms with E-state index in [2.05, 4.69) is 26.5 Å². The SMILES string of the molecule is C=C1C(=O)O[C@@H]2[C@@H]1CCC(C)=CCC[C@]1(C)O[C@@H]21. The van der Waals surface area contributed by atoms with Crippen LogP contribution < -0.4 is 0 Å². The third-order valence-corrected chi connectivity index (χ3v) is 4.57. The standard InChI is InChI=1S/C15H20O3/c1-9-5-4-8-15(3)13(18-15)12-11(7-6-9)10(2)14(16)17-12/h5,11-13H,2,4,6-8H2,1,3H3/t11-,12-,13+,15+/m1/s1. The van der Waals surface area contributed by atoms with Gasteiger partial charge in [0, 0.05) is 11.5 Å². The van der Waals surface area contributed by atoms with Crippen molar-refractivity contribution in [1.82, 2.24) is 0 Å². The van der Waals surface area contributed by atoms with E-state index in [4.69, 9.17) is 9.47 Å². The number of epoxide rings is 1. The molecule has 2 heterocycles. The van der Waals surface area contributed by atoms with Crippen LogP contribution in [0, 0.1) is 5.92 Å². The van der Waals surface area contributed by atoms with Crippen molar-refractivity contribution in [2.75, 3.05) is 0 Å². The van der Waals surface area contributed by atoms with Crippen LogP contribution in [0.2, 0.25) is 0 Å². The van der Waals surface area contributed by atoms with Crippen LogP contribution >= 0.6 is 0 Å². The smallest absolute Gasteiger partial charge is 0.334 e. The lowest BCUT2D eigenvalue weighted by Crippen LogP contribution is -2.28. The molecular formula is C15H20O3. The summed E-state index contributed by atoms with van der Waals surface area (Å²) in [6.07, 6.45) is 6.25. The van der Waals surface area contributed by atoms with E-state index < -0.39 is 0 Å². The number of rotatable bonds is 0. The van der Waals surface area contributed by atoms with Crippen LogP contribution in [0.3, 0.4) is 0 Å². The number of hydrogen-bond acceptors (Lipinski definition) is 3. The molecule has 4 atom stereocenters. The van der Waals surface area contributed by atoms with Crippen molar-refractivity contribution in [1.29, 1.82) is 0 Å². The normalized spacial score (nSPS) is 43.7. The lowest BCUT2D eigenvalue weighted by atomic mass is 9.84. The van der Waals surface area contributed by atoms with Gasteiger partial charge < -0.3 is 9.47 Å². The average molecular weight is 248 g/mol. The van der Waals surface area contributed by atoms with Crippen LogP contribution in [-0.2, 0) is 14.3 Å². The summed E-state index contributed by atoms with van der Waals surface area (Å²) in [7, 11) is 0. The maximum Gasteiger partial charge on any atom is 0.334 e. The van der Waals surface area contributed by atoms with Gasteiger partial charge in [-0.2, -0.15) is 0 Å². The molecule has 0 aromatic heterocycles. The predicted octanol–water partition coefficient (Wildman–Crippen LogP) is 2.76. The minimum atomic E-state index is -0.233. The van der Waals surface area contributed by atoms with Gasteiger partial charge in [-0.15, -0.1) is 0 Å². The fourth-order valence-electron chi connectivity index (χ4n) is 3.20.